The first-order chi connectivity index (χ1) is 18.1. The Morgan fingerprint density at radius 3 is 2.27 bits per heavy atom. The minimum Gasteiger partial charge on any atom is -0.507 e. The Balaban J connectivity index is 1.22. The lowest BCUT2D eigenvalue weighted by atomic mass is 10.1. The third-order valence-corrected chi connectivity index (χ3v) is 7.76. The summed E-state index contributed by atoms with van der Waals surface area (Å²) < 4.78 is 5.83. The van der Waals surface area contributed by atoms with Crippen LogP contribution in [0.1, 0.15) is 11.1 Å². The van der Waals surface area contributed by atoms with Crippen molar-refractivity contribution in [2.45, 2.75) is 13.1 Å². The van der Waals surface area contributed by atoms with Gasteiger partial charge in [-0.15, -0.1) is 11.3 Å². The summed E-state index contributed by atoms with van der Waals surface area (Å²) in [7, 11) is 0. The summed E-state index contributed by atoms with van der Waals surface area (Å²) >= 11 is 1.42. The molecule has 186 valence electrons. The molecule has 1 N–H and O–H groups in total. The summed E-state index contributed by atoms with van der Waals surface area (Å²) in [6.45, 7) is 5.12. The molecule has 3 heterocycles. The van der Waals surface area contributed by atoms with E-state index in [2.05, 4.69) is 39.0 Å². The molecule has 3 aromatic carbocycles. The number of thiazole rings is 1. The fraction of sp³-hybridized carbons (Fsp3) is 0.200. The standard InChI is InChI=1S/C30H27N3O3S/c34-27-12-11-23-17-24(29-31-26(20-37-29)22-9-5-2-6-10-22)30(35)36-28(23)25(27)19-33-15-13-32(14-16-33)18-21-7-3-1-4-8-21/h1-12,17,20,34H,13-16,18-19H2. The van der Waals surface area contributed by atoms with Crippen LogP contribution in [0.15, 0.2) is 93.5 Å². The van der Waals surface area contributed by atoms with Gasteiger partial charge in [-0.3, -0.25) is 9.80 Å². The van der Waals surface area contributed by atoms with Gasteiger partial charge >= 0.3 is 5.63 Å². The molecule has 0 aliphatic carbocycles. The van der Waals surface area contributed by atoms with E-state index in [9.17, 15) is 9.90 Å². The SMILES string of the molecule is O=c1oc2c(CN3CCN(Cc4ccccc4)CC3)c(O)ccc2cc1-c1nc(-c2ccccc2)cs1. The second-order valence-corrected chi connectivity index (χ2v) is 10.2. The molecule has 0 atom stereocenters. The number of hydrogen-bond acceptors (Lipinski definition) is 7. The predicted molar refractivity (Wildman–Crippen MR) is 148 cm³/mol. The van der Waals surface area contributed by atoms with E-state index in [0.717, 1.165) is 49.4 Å². The van der Waals surface area contributed by atoms with Crippen LogP contribution in [0, 0.1) is 0 Å². The summed E-state index contributed by atoms with van der Waals surface area (Å²) in [4.78, 5) is 22.5. The first-order valence-corrected chi connectivity index (χ1v) is 13.3. The quantitative estimate of drug-likeness (QED) is 0.300. The van der Waals surface area contributed by atoms with Crippen LogP contribution in [-0.4, -0.2) is 46.1 Å². The van der Waals surface area contributed by atoms with Crippen molar-refractivity contribution in [3.8, 4) is 27.6 Å². The number of benzene rings is 3. The molecule has 0 amide bonds. The molecular weight excluding hydrogens is 482 g/mol. The van der Waals surface area contributed by atoms with Gasteiger partial charge in [-0.25, -0.2) is 9.78 Å². The van der Waals surface area contributed by atoms with E-state index in [1.165, 1.54) is 16.9 Å². The first-order valence-electron chi connectivity index (χ1n) is 12.4. The highest BCUT2D eigenvalue weighted by Gasteiger charge is 2.21. The van der Waals surface area contributed by atoms with Gasteiger partial charge in [0.05, 0.1) is 16.8 Å². The summed E-state index contributed by atoms with van der Waals surface area (Å²) in [5, 5.41) is 14.0. The monoisotopic (exact) mass is 509 g/mol. The van der Waals surface area contributed by atoms with Gasteiger partial charge in [-0.2, -0.15) is 0 Å². The number of phenolic OH excluding ortho intramolecular Hbond substituents is 1. The number of hydrogen-bond donors (Lipinski definition) is 1. The number of nitrogens with zero attached hydrogens (tertiary/aromatic N) is 3. The van der Waals surface area contributed by atoms with Crippen molar-refractivity contribution in [2.24, 2.45) is 0 Å². The molecule has 2 aromatic heterocycles. The normalized spacial score (nSPS) is 14.8. The molecule has 0 saturated carbocycles. The van der Waals surface area contributed by atoms with Crippen molar-refractivity contribution >= 4 is 22.3 Å². The molecule has 1 fully saturated rings. The third kappa shape index (κ3) is 5.06. The van der Waals surface area contributed by atoms with Gasteiger partial charge < -0.3 is 9.52 Å². The molecule has 1 saturated heterocycles. The summed E-state index contributed by atoms with van der Waals surface area (Å²) in [6.07, 6.45) is 0. The maximum absolute atomic E-state index is 13.0. The average Bonchev–Trinajstić information content (AvgIpc) is 3.42. The van der Waals surface area contributed by atoms with E-state index in [1.807, 2.05) is 47.8 Å². The Bertz CT molecular complexity index is 1570. The van der Waals surface area contributed by atoms with Crippen LogP contribution in [0.3, 0.4) is 0 Å². The van der Waals surface area contributed by atoms with Gasteiger partial charge in [0.1, 0.15) is 16.3 Å². The molecular formula is C30H27N3O3S. The van der Waals surface area contributed by atoms with Gasteiger partial charge in [0.15, 0.2) is 0 Å². The van der Waals surface area contributed by atoms with Crippen LogP contribution < -0.4 is 5.63 Å². The van der Waals surface area contributed by atoms with E-state index in [-0.39, 0.29) is 5.75 Å². The molecule has 1 aliphatic rings. The minimum absolute atomic E-state index is 0.149. The molecule has 6 rings (SSSR count). The van der Waals surface area contributed by atoms with Gasteiger partial charge in [0.2, 0.25) is 0 Å². The lowest BCUT2D eigenvalue weighted by Crippen LogP contribution is -2.45. The van der Waals surface area contributed by atoms with Crippen molar-refractivity contribution in [2.75, 3.05) is 26.2 Å². The van der Waals surface area contributed by atoms with Crippen LogP contribution in [0.25, 0.3) is 32.8 Å². The second-order valence-electron chi connectivity index (χ2n) is 9.37. The number of aromatic hydroxyl groups is 1. The van der Waals surface area contributed by atoms with Gasteiger partial charge in [-0.1, -0.05) is 60.7 Å². The van der Waals surface area contributed by atoms with Gasteiger partial charge in [0.25, 0.3) is 0 Å². The predicted octanol–water partition coefficient (Wildman–Crippen LogP) is 5.61. The van der Waals surface area contributed by atoms with E-state index in [4.69, 9.17) is 4.42 Å². The highest BCUT2D eigenvalue weighted by atomic mass is 32.1. The number of rotatable bonds is 6. The van der Waals surface area contributed by atoms with Crippen LogP contribution in [0.2, 0.25) is 0 Å². The fourth-order valence-electron chi connectivity index (χ4n) is 4.84. The van der Waals surface area contributed by atoms with Crippen LogP contribution in [-0.2, 0) is 13.1 Å². The van der Waals surface area contributed by atoms with Crippen molar-refractivity contribution in [3.05, 3.63) is 106 Å². The van der Waals surface area contributed by atoms with Gasteiger partial charge in [-0.05, 0) is 23.8 Å². The Hall–Kier alpha value is -3.78. The molecule has 0 radical (unpaired) electrons. The van der Waals surface area contributed by atoms with Crippen LogP contribution >= 0.6 is 11.3 Å². The maximum atomic E-state index is 13.0. The smallest absolute Gasteiger partial charge is 0.346 e. The maximum Gasteiger partial charge on any atom is 0.346 e. The first kappa shape index (κ1) is 23.6. The highest BCUT2D eigenvalue weighted by Crippen LogP contribution is 2.32. The van der Waals surface area contributed by atoms with E-state index >= 15 is 0 Å². The van der Waals surface area contributed by atoms with Crippen LogP contribution in [0.4, 0.5) is 0 Å². The second kappa shape index (κ2) is 10.3. The molecule has 5 aromatic rings. The third-order valence-electron chi connectivity index (χ3n) is 6.88. The minimum atomic E-state index is -0.444. The molecule has 0 bridgehead atoms. The Morgan fingerprint density at radius 2 is 1.54 bits per heavy atom. The van der Waals surface area contributed by atoms with E-state index in [1.54, 1.807) is 12.1 Å². The van der Waals surface area contributed by atoms with Crippen molar-refractivity contribution in [1.82, 2.24) is 14.8 Å². The van der Waals surface area contributed by atoms with E-state index in [0.29, 0.717) is 28.3 Å². The summed E-state index contributed by atoms with van der Waals surface area (Å²) in [5.41, 5.74) is 4.24. The number of fused-ring (bicyclic) bond motifs is 1. The molecule has 0 unspecified atom stereocenters. The molecule has 37 heavy (non-hydrogen) atoms. The molecule has 6 nitrogen and oxygen atoms in total. The van der Waals surface area contributed by atoms with Gasteiger partial charge in [0, 0.05) is 55.6 Å². The number of phenols is 1. The Kier molecular flexibility index (Phi) is 6.57. The Morgan fingerprint density at radius 1 is 0.865 bits per heavy atom. The Labute approximate surface area is 219 Å². The highest BCUT2D eigenvalue weighted by molar-refractivity contribution is 7.13. The van der Waals surface area contributed by atoms with Crippen molar-refractivity contribution in [3.63, 3.8) is 0 Å². The lowest BCUT2D eigenvalue weighted by molar-refractivity contribution is 0.121. The summed E-state index contributed by atoms with van der Waals surface area (Å²) in [5.74, 6) is 0.149. The topological polar surface area (TPSA) is 69.8 Å². The lowest BCUT2D eigenvalue weighted by Gasteiger charge is -2.34. The average molecular weight is 510 g/mol. The largest absolute Gasteiger partial charge is 0.507 e. The molecule has 1 aliphatic heterocycles. The zero-order valence-corrected chi connectivity index (χ0v) is 21.2. The van der Waals surface area contributed by atoms with Crippen molar-refractivity contribution in [1.29, 1.82) is 0 Å². The molecule has 0 spiro atoms. The van der Waals surface area contributed by atoms with Crippen molar-refractivity contribution < 1.29 is 9.52 Å². The zero-order chi connectivity index (χ0) is 25.2. The molecule has 7 heteroatoms. The number of aromatic nitrogens is 1. The summed E-state index contributed by atoms with van der Waals surface area (Å²) in [6, 6.07) is 25.7. The fourth-order valence-corrected chi connectivity index (χ4v) is 5.68. The zero-order valence-electron chi connectivity index (χ0n) is 20.3. The van der Waals surface area contributed by atoms with E-state index < -0.39 is 5.63 Å². The number of piperazine rings is 1. The van der Waals surface area contributed by atoms with Crippen LogP contribution in [0.5, 0.6) is 5.75 Å².